The number of alkyl halides is 3. The summed E-state index contributed by atoms with van der Waals surface area (Å²) in [4.78, 5) is 24.3. The molecule has 0 atom stereocenters. The van der Waals surface area contributed by atoms with Gasteiger partial charge in [0.05, 0.1) is 27.4 Å². The number of anilines is 1. The van der Waals surface area contributed by atoms with Gasteiger partial charge in [0, 0.05) is 0 Å². The van der Waals surface area contributed by atoms with Crippen LogP contribution in [0.25, 0.3) is 0 Å². The smallest absolute Gasteiger partial charge is 0.416 e. The molecule has 1 N–H and O–H groups in total. The van der Waals surface area contributed by atoms with Crippen molar-refractivity contribution in [3.63, 3.8) is 0 Å². The zero-order valence-corrected chi connectivity index (χ0v) is 24.3. The van der Waals surface area contributed by atoms with Crippen LogP contribution in [0.5, 0.6) is 5.75 Å². The number of ether oxygens (including phenoxy) is 2. The van der Waals surface area contributed by atoms with Crippen LogP contribution in [0.15, 0.2) is 82.8 Å². The van der Waals surface area contributed by atoms with Crippen LogP contribution in [0.2, 0.25) is 5.02 Å². The Kier molecular flexibility index (Phi) is 10.2. The van der Waals surface area contributed by atoms with E-state index in [0.29, 0.717) is 27.8 Å². The number of sulfonamides is 1. The van der Waals surface area contributed by atoms with Crippen molar-refractivity contribution in [2.24, 2.45) is 5.10 Å². The second-order valence-corrected chi connectivity index (χ2v) is 12.0. The van der Waals surface area contributed by atoms with Crippen LogP contribution < -0.4 is 14.5 Å². The average Bonchev–Trinajstić information content (AvgIpc) is 2.90. The fraction of sp³-hybridized carbons (Fsp3) is 0.250. The number of hydrogen-bond donors (Lipinski definition) is 1. The fourth-order valence-corrected chi connectivity index (χ4v) is 5.13. The minimum atomic E-state index is -4.79. The van der Waals surface area contributed by atoms with Crippen molar-refractivity contribution >= 4 is 45.4 Å². The van der Waals surface area contributed by atoms with Crippen LogP contribution in [0, 0.1) is 0 Å². The molecule has 0 aliphatic rings. The second-order valence-electron chi connectivity index (χ2n) is 9.73. The lowest BCUT2D eigenvalue weighted by Crippen LogP contribution is -2.40. The van der Waals surface area contributed by atoms with Gasteiger partial charge in [0.2, 0.25) is 0 Å². The molecule has 0 fully saturated rings. The molecular weight excluding hydrogens is 599 g/mol. The predicted octanol–water partition coefficient (Wildman–Crippen LogP) is 5.42. The van der Waals surface area contributed by atoms with E-state index in [2.05, 4.69) is 10.5 Å². The Morgan fingerprint density at radius 2 is 1.64 bits per heavy atom. The summed E-state index contributed by atoms with van der Waals surface area (Å²) in [5.41, 5.74) is 0.348. The Hall–Kier alpha value is -4.10. The lowest BCUT2D eigenvalue weighted by molar-refractivity contribution is -0.157. The van der Waals surface area contributed by atoms with E-state index in [1.807, 2.05) is 0 Å². The van der Waals surface area contributed by atoms with Crippen molar-refractivity contribution in [2.75, 3.05) is 17.5 Å². The number of benzene rings is 3. The van der Waals surface area contributed by atoms with Crippen molar-refractivity contribution in [3.05, 3.63) is 88.9 Å². The van der Waals surface area contributed by atoms with Crippen LogP contribution >= 0.6 is 11.6 Å². The summed E-state index contributed by atoms with van der Waals surface area (Å²) in [5, 5.41) is 3.48. The van der Waals surface area contributed by atoms with Gasteiger partial charge in [-0.1, -0.05) is 29.8 Å². The van der Waals surface area contributed by atoms with Gasteiger partial charge in [0.1, 0.15) is 17.9 Å². The van der Waals surface area contributed by atoms with Gasteiger partial charge in [-0.05, 0) is 80.9 Å². The van der Waals surface area contributed by atoms with Gasteiger partial charge < -0.3 is 9.47 Å². The number of rotatable bonds is 10. The molecule has 224 valence electrons. The van der Waals surface area contributed by atoms with Crippen LogP contribution in [0.1, 0.15) is 31.9 Å². The molecule has 42 heavy (non-hydrogen) atoms. The minimum Gasteiger partial charge on any atom is -0.482 e. The highest BCUT2D eigenvalue weighted by atomic mass is 35.5. The highest BCUT2D eigenvalue weighted by Gasteiger charge is 2.34. The Morgan fingerprint density at radius 3 is 2.24 bits per heavy atom. The maximum absolute atomic E-state index is 13.4. The Bertz CT molecular complexity index is 1540. The zero-order valence-electron chi connectivity index (χ0n) is 22.7. The Balaban J connectivity index is 1.74. The molecule has 0 aliphatic carbocycles. The van der Waals surface area contributed by atoms with E-state index in [1.54, 1.807) is 51.1 Å². The first-order chi connectivity index (χ1) is 19.6. The number of nitrogens with zero attached hydrogens (tertiary/aromatic N) is 2. The standard InChI is InChI=1S/C28H27ClF3N3O6S/c1-27(2,3)41-26(37)18-40-21-12-9-19(10-13-21)16-33-34-25(36)17-35(42(38,39)22-7-5-4-6-8-22)24-15-20(28(30,31)32)11-14-23(24)29/h4-16H,17-18H2,1-3H3,(H,34,36)/b33-16+. The van der Waals surface area contributed by atoms with Gasteiger partial charge in [-0.3, -0.25) is 9.10 Å². The Morgan fingerprint density at radius 1 is 1.00 bits per heavy atom. The van der Waals surface area contributed by atoms with Crippen LogP contribution in [-0.4, -0.2) is 45.3 Å². The molecule has 9 nitrogen and oxygen atoms in total. The monoisotopic (exact) mass is 625 g/mol. The van der Waals surface area contributed by atoms with Crippen LogP contribution in [0.3, 0.4) is 0 Å². The van der Waals surface area contributed by atoms with Crippen molar-refractivity contribution in [3.8, 4) is 5.75 Å². The molecule has 3 rings (SSSR count). The summed E-state index contributed by atoms with van der Waals surface area (Å²) < 4.78 is 78.0. The highest BCUT2D eigenvalue weighted by Crippen LogP contribution is 2.37. The summed E-state index contributed by atoms with van der Waals surface area (Å²) in [5.74, 6) is -1.11. The third-order valence-electron chi connectivity index (χ3n) is 5.22. The molecule has 0 saturated carbocycles. The number of carbonyl (C=O) groups is 2. The summed E-state index contributed by atoms with van der Waals surface area (Å²) in [6.07, 6.45) is -3.53. The van der Waals surface area contributed by atoms with Gasteiger partial charge in [0.15, 0.2) is 6.61 Å². The fourth-order valence-electron chi connectivity index (χ4n) is 3.41. The molecular formula is C28H27ClF3N3O6S. The predicted molar refractivity (Wildman–Crippen MR) is 151 cm³/mol. The highest BCUT2D eigenvalue weighted by molar-refractivity contribution is 7.92. The molecule has 0 bridgehead atoms. The molecule has 0 aliphatic heterocycles. The number of halogens is 4. The van der Waals surface area contributed by atoms with Crippen molar-refractivity contribution in [2.45, 2.75) is 37.4 Å². The van der Waals surface area contributed by atoms with Gasteiger partial charge >= 0.3 is 12.1 Å². The molecule has 0 unspecified atom stereocenters. The molecule has 0 aromatic heterocycles. The van der Waals surface area contributed by atoms with Gasteiger partial charge in [-0.25, -0.2) is 18.6 Å². The summed E-state index contributed by atoms with van der Waals surface area (Å²) >= 11 is 6.11. The molecule has 0 radical (unpaired) electrons. The first-order valence-corrected chi connectivity index (χ1v) is 14.1. The number of hydrazone groups is 1. The number of carbonyl (C=O) groups excluding carboxylic acids is 2. The van der Waals surface area contributed by atoms with Crippen molar-refractivity contribution in [1.29, 1.82) is 0 Å². The van der Waals surface area contributed by atoms with E-state index >= 15 is 0 Å². The SMILES string of the molecule is CC(C)(C)OC(=O)COc1ccc(/C=N/NC(=O)CN(c2cc(C(F)(F)F)ccc2Cl)S(=O)(=O)c2ccccc2)cc1. The lowest BCUT2D eigenvalue weighted by atomic mass is 10.2. The van der Waals surface area contributed by atoms with Crippen molar-refractivity contribution < 1.29 is 40.7 Å². The maximum Gasteiger partial charge on any atom is 0.416 e. The first kappa shape index (κ1) is 32.4. The van der Waals surface area contributed by atoms with Crippen LogP contribution in [0.4, 0.5) is 18.9 Å². The average molecular weight is 626 g/mol. The van der Waals surface area contributed by atoms with Gasteiger partial charge in [-0.2, -0.15) is 18.3 Å². The number of nitrogens with one attached hydrogen (secondary N) is 1. The molecule has 0 saturated heterocycles. The summed E-state index contributed by atoms with van der Waals surface area (Å²) in [7, 11) is -4.52. The molecule has 3 aromatic rings. The third-order valence-corrected chi connectivity index (χ3v) is 7.31. The van der Waals surface area contributed by atoms with Gasteiger partial charge in [0.25, 0.3) is 15.9 Å². The van der Waals surface area contributed by atoms with E-state index in [4.69, 9.17) is 21.1 Å². The Labute approximate surface area is 245 Å². The lowest BCUT2D eigenvalue weighted by Gasteiger charge is -2.25. The summed E-state index contributed by atoms with van der Waals surface area (Å²) in [6, 6.07) is 15.3. The molecule has 1 amide bonds. The number of amides is 1. The number of esters is 1. The van der Waals surface area contributed by atoms with E-state index in [9.17, 15) is 31.2 Å². The van der Waals surface area contributed by atoms with E-state index in [-0.39, 0.29) is 16.5 Å². The van der Waals surface area contributed by atoms with E-state index < -0.39 is 51.5 Å². The normalized spacial score (nSPS) is 12.2. The largest absolute Gasteiger partial charge is 0.482 e. The maximum atomic E-state index is 13.4. The van der Waals surface area contributed by atoms with Crippen molar-refractivity contribution in [1.82, 2.24) is 5.43 Å². The zero-order chi connectivity index (χ0) is 31.1. The minimum absolute atomic E-state index is 0.260. The topological polar surface area (TPSA) is 114 Å². The van der Waals surface area contributed by atoms with Gasteiger partial charge in [-0.15, -0.1) is 0 Å². The quantitative estimate of drug-likeness (QED) is 0.183. The molecule has 0 heterocycles. The first-order valence-electron chi connectivity index (χ1n) is 12.3. The molecule has 14 heteroatoms. The number of hydrogen-bond acceptors (Lipinski definition) is 7. The third kappa shape index (κ3) is 9.21. The second kappa shape index (κ2) is 13.3. The molecule has 0 spiro atoms. The van der Waals surface area contributed by atoms with Crippen LogP contribution in [-0.2, 0) is 30.5 Å². The summed E-state index contributed by atoms with van der Waals surface area (Å²) in [6.45, 7) is 3.99. The van der Waals surface area contributed by atoms with E-state index in [0.717, 1.165) is 6.07 Å². The van der Waals surface area contributed by atoms with E-state index in [1.165, 1.54) is 30.5 Å². The molecule has 3 aromatic carbocycles.